The molecular formula is C29H23FN2O4S. The predicted octanol–water partition coefficient (Wildman–Crippen LogP) is 4.13. The highest BCUT2D eigenvalue weighted by atomic mass is 32.1. The molecule has 37 heavy (non-hydrogen) atoms. The lowest BCUT2D eigenvalue weighted by molar-refractivity contribution is -0.136. The Morgan fingerprint density at radius 3 is 2.57 bits per heavy atom. The molecule has 3 aromatic carbocycles. The Balaban J connectivity index is 1.53. The number of methoxy groups -OCH3 is 1. The normalized spacial score (nSPS) is 15.2. The smallest absolute Gasteiger partial charge is 0.338 e. The number of hydrogen-bond donors (Lipinski definition) is 0. The molecule has 186 valence electrons. The monoisotopic (exact) mass is 514 g/mol. The molecule has 1 aliphatic heterocycles. The van der Waals surface area contributed by atoms with Crippen molar-refractivity contribution in [3.63, 3.8) is 0 Å². The van der Waals surface area contributed by atoms with Crippen LogP contribution < -0.4 is 19.6 Å². The van der Waals surface area contributed by atoms with Crippen LogP contribution in [0.15, 0.2) is 99.9 Å². The number of thiazole rings is 1. The van der Waals surface area contributed by atoms with Gasteiger partial charge < -0.3 is 9.47 Å². The van der Waals surface area contributed by atoms with Crippen molar-refractivity contribution in [1.29, 1.82) is 0 Å². The average Bonchev–Trinajstić information content (AvgIpc) is 3.21. The van der Waals surface area contributed by atoms with Gasteiger partial charge in [-0.3, -0.25) is 9.36 Å². The summed E-state index contributed by atoms with van der Waals surface area (Å²) in [5, 5.41) is 0. The number of aromatic nitrogens is 1. The van der Waals surface area contributed by atoms with Crippen LogP contribution in [0.25, 0.3) is 6.08 Å². The van der Waals surface area contributed by atoms with Gasteiger partial charge in [0, 0.05) is 0 Å². The van der Waals surface area contributed by atoms with Crippen molar-refractivity contribution in [2.24, 2.45) is 4.99 Å². The van der Waals surface area contributed by atoms with Crippen molar-refractivity contribution in [2.45, 2.75) is 19.6 Å². The van der Waals surface area contributed by atoms with E-state index in [0.717, 1.165) is 16.7 Å². The molecule has 0 radical (unpaired) electrons. The Labute approximate surface area is 216 Å². The fourth-order valence-electron chi connectivity index (χ4n) is 4.24. The number of carbonyl (C=O) groups excluding carboxylic acids is 1. The van der Waals surface area contributed by atoms with Crippen LogP contribution in [0.2, 0.25) is 0 Å². The van der Waals surface area contributed by atoms with E-state index in [4.69, 9.17) is 9.47 Å². The lowest BCUT2D eigenvalue weighted by atomic mass is 9.96. The second-order valence-electron chi connectivity index (χ2n) is 8.47. The molecule has 5 rings (SSSR count). The van der Waals surface area contributed by atoms with Crippen LogP contribution in [-0.4, -0.2) is 17.6 Å². The number of rotatable bonds is 6. The fourth-order valence-corrected chi connectivity index (χ4v) is 5.28. The summed E-state index contributed by atoms with van der Waals surface area (Å²) < 4.78 is 26.1. The van der Waals surface area contributed by atoms with Gasteiger partial charge in [-0.25, -0.2) is 14.2 Å². The number of allylic oxidation sites excluding steroid dienone is 1. The van der Waals surface area contributed by atoms with E-state index in [9.17, 15) is 14.0 Å². The van der Waals surface area contributed by atoms with Crippen molar-refractivity contribution >= 4 is 23.4 Å². The number of fused-ring (bicyclic) bond motifs is 1. The van der Waals surface area contributed by atoms with E-state index < -0.39 is 12.0 Å². The van der Waals surface area contributed by atoms with Gasteiger partial charge in [0.1, 0.15) is 18.2 Å². The molecule has 2 heterocycles. The molecule has 0 aliphatic carbocycles. The Morgan fingerprint density at radius 1 is 1.08 bits per heavy atom. The number of benzene rings is 3. The standard InChI is InChI=1S/C29H23FN2O4S/c1-18-25(28(34)35-2)26(21-8-4-3-5-9-21)32-27(33)24(37-29(32)31-18)16-20-7-6-10-23(15-20)36-17-19-11-13-22(30)14-12-19/h3-16,26H,17H2,1-2H3. The van der Waals surface area contributed by atoms with Gasteiger partial charge in [0.25, 0.3) is 5.56 Å². The zero-order valence-electron chi connectivity index (χ0n) is 20.2. The average molecular weight is 515 g/mol. The Bertz CT molecular complexity index is 1670. The minimum atomic E-state index is -0.641. The van der Waals surface area contributed by atoms with E-state index in [1.54, 1.807) is 29.7 Å². The fraction of sp³-hybridized carbons (Fsp3) is 0.138. The maximum Gasteiger partial charge on any atom is 0.338 e. The molecule has 0 spiro atoms. The summed E-state index contributed by atoms with van der Waals surface area (Å²) >= 11 is 1.26. The zero-order valence-corrected chi connectivity index (χ0v) is 21.0. The van der Waals surface area contributed by atoms with E-state index >= 15 is 0 Å². The topological polar surface area (TPSA) is 69.9 Å². The minimum absolute atomic E-state index is 0.246. The quantitative estimate of drug-likeness (QED) is 0.363. The van der Waals surface area contributed by atoms with Gasteiger partial charge >= 0.3 is 5.97 Å². The van der Waals surface area contributed by atoms with Gasteiger partial charge in [-0.05, 0) is 54.0 Å². The van der Waals surface area contributed by atoms with Gasteiger partial charge in [0.05, 0.1) is 29.0 Å². The van der Waals surface area contributed by atoms with Crippen LogP contribution in [0.1, 0.15) is 29.7 Å². The van der Waals surface area contributed by atoms with E-state index in [1.807, 2.05) is 54.6 Å². The first-order chi connectivity index (χ1) is 17.9. The van der Waals surface area contributed by atoms with Crippen LogP contribution >= 0.6 is 11.3 Å². The van der Waals surface area contributed by atoms with E-state index in [2.05, 4.69) is 4.99 Å². The first-order valence-electron chi connectivity index (χ1n) is 11.6. The van der Waals surface area contributed by atoms with E-state index in [1.165, 1.54) is 30.6 Å². The van der Waals surface area contributed by atoms with Crippen LogP contribution in [0, 0.1) is 5.82 Å². The van der Waals surface area contributed by atoms with Crippen molar-refractivity contribution in [3.8, 4) is 5.75 Å². The third-order valence-corrected chi connectivity index (χ3v) is 7.00. The lowest BCUT2D eigenvalue weighted by Gasteiger charge is -2.24. The molecule has 1 aromatic heterocycles. The molecule has 0 amide bonds. The molecule has 0 bridgehead atoms. The number of ether oxygens (including phenoxy) is 2. The lowest BCUT2D eigenvalue weighted by Crippen LogP contribution is -2.39. The van der Waals surface area contributed by atoms with Gasteiger partial charge in [-0.2, -0.15) is 0 Å². The number of carbonyl (C=O) groups is 1. The van der Waals surface area contributed by atoms with Crippen molar-refractivity contribution in [1.82, 2.24) is 4.57 Å². The number of halogens is 1. The highest BCUT2D eigenvalue weighted by Gasteiger charge is 2.32. The molecule has 0 N–H and O–H groups in total. The summed E-state index contributed by atoms with van der Waals surface area (Å²) in [5.41, 5.74) is 3.03. The third-order valence-electron chi connectivity index (χ3n) is 6.02. The molecule has 6 nitrogen and oxygen atoms in total. The molecule has 8 heteroatoms. The van der Waals surface area contributed by atoms with Gasteiger partial charge in [-0.15, -0.1) is 0 Å². The third kappa shape index (κ3) is 5.01. The summed E-state index contributed by atoms with van der Waals surface area (Å²) in [6.45, 7) is 2.04. The molecule has 4 aromatic rings. The van der Waals surface area contributed by atoms with Crippen molar-refractivity contribution < 1.29 is 18.7 Å². The minimum Gasteiger partial charge on any atom is -0.489 e. The Kier molecular flexibility index (Phi) is 6.83. The molecule has 0 saturated carbocycles. The second-order valence-corrected chi connectivity index (χ2v) is 9.48. The molecule has 1 atom stereocenters. The summed E-state index contributed by atoms with van der Waals surface area (Å²) in [5.74, 6) is -0.192. The summed E-state index contributed by atoms with van der Waals surface area (Å²) in [6.07, 6.45) is 1.79. The van der Waals surface area contributed by atoms with Crippen molar-refractivity contribution in [2.75, 3.05) is 7.11 Å². The highest BCUT2D eigenvalue weighted by molar-refractivity contribution is 7.07. The van der Waals surface area contributed by atoms with Crippen LogP contribution in [0.5, 0.6) is 5.75 Å². The summed E-state index contributed by atoms with van der Waals surface area (Å²) in [4.78, 5) is 31.4. The zero-order chi connectivity index (χ0) is 25.9. The van der Waals surface area contributed by atoms with Gasteiger partial charge in [0.15, 0.2) is 4.80 Å². The number of nitrogens with zero attached hydrogens (tertiary/aromatic N) is 2. The largest absolute Gasteiger partial charge is 0.489 e. The number of hydrogen-bond acceptors (Lipinski definition) is 6. The van der Waals surface area contributed by atoms with E-state index in [0.29, 0.717) is 33.0 Å². The number of esters is 1. The Morgan fingerprint density at radius 2 is 1.84 bits per heavy atom. The molecular weight excluding hydrogens is 491 g/mol. The van der Waals surface area contributed by atoms with Crippen LogP contribution in [0.3, 0.4) is 0 Å². The van der Waals surface area contributed by atoms with E-state index in [-0.39, 0.29) is 11.4 Å². The molecule has 1 unspecified atom stereocenters. The predicted molar refractivity (Wildman–Crippen MR) is 139 cm³/mol. The van der Waals surface area contributed by atoms with Gasteiger partial charge in [0.2, 0.25) is 0 Å². The molecule has 1 aliphatic rings. The first kappa shape index (κ1) is 24.4. The van der Waals surface area contributed by atoms with Crippen molar-refractivity contribution in [3.05, 3.63) is 132 Å². The first-order valence-corrected chi connectivity index (χ1v) is 12.4. The van der Waals surface area contributed by atoms with Gasteiger partial charge in [-0.1, -0.05) is 65.9 Å². The Hall–Kier alpha value is -4.30. The highest BCUT2D eigenvalue weighted by Crippen LogP contribution is 2.30. The molecule has 0 fully saturated rings. The maximum absolute atomic E-state index is 13.6. The maximum atomic E-state index is 13.6. The second kappa shape index (κ2) is 10.4. The SMILES string of the molecule is COC(=O)C1=C(C)N=c2sc(=Cc3cccc(OCc4ccc(F)cc4)c3)c(=O)n2C1c1ccccc1. The summed E-state index contributed by atoms with van der Waals surface area (Å²) in [6, 6.07) is 22.3. The summed E-state index contributed by atoms with van der Waals surface area (Å²) in [7, 11) is 1.32. The van der Waals surface area contributed by atoms with Crippen LogP contribution in [0.4, 0.5) is 4.39 Å². The molecule has 0 saturated heterocycles. The van der Waals surface area contributed by atoms with Crippen LogP contribution in [-0.2, 0) is 16.1 Å².